The summed E-state index contributed by atoms with van der Waals surface area (Å²) in [5.74, 6) is 1.89. The van der Waals surface area contributed by atoms with Crippen LogP contribution in [-0.4, -0.2) is 31.1 Å². The SMILES string of the molecule is C/C=c1/nc(Cn2ccnc2-c2nccs2)n(CC)/c1=C/NC. The minimum atomic E-state index is 0.668. The lowest BCUT2D eigenvalue weighted by Gasteiger charge is -2.08. The van der Waals surface area contributed by atoms with Gasteiger partial charge in [-0.05, 0) is 13.8 Å². The molecule has 0 bridgehead atoms. The van der Waals surface area contributed by atoms with E-state index in [0.29, 0.717) is 6.54 Å². The summed E-state index contributed by atoms with van der Waals surface area (Å²) in [6.45, 7) is 5.68. The van der Waals surface area contributed by atoms with Gasteiger partial charge < -0.3 is 14.5 Å². The number of aromatic nitrogens is 5. The Balaban J connectivity index is 2.06. The first-order valence-corrected chi connectivity index (χ1v) is 8.46. The zero-order chi connectivity index (χ0) is 16.2. The Morgan fingerprint density at radius 1 is 1.30 bits per heavy atom. The van der Waals surface area contributed by atoms with Crippen molar-refractivity contribution in [2.24, 2.45) is 0 Å². The summed E-state index contributed by atoms with van der Waals surface area (Å²) in [5, 5.41) is 8.09. The highest BCUT2D eigenvalue weighted by atomic mass is 32.1. The fourth-order valence-corrected chi connectivity index (χ4v) is 3.28. The molecule has 6 nitrogen and oxygen atoms in total. The second-order valence-electron chi connectivity index (χ2n) is 4.98. The monoisotopic (exact) mass is 328 g/mol. The molecule has 0 unspecified atom stereocenters. The Morgan fingerprint density at radius 2 is 2.17 bits per heavy atom. The third-order valence-corrected chi connectivity index (χ3v) is 4.40. The lowest BCUT2D eigenvalue weighted by Crippen LogP contribution is -2.32. The summed E-state index contributed by atoms with van der Waals surface area (Å²) >= 11 is 1.59. The van der Waals surface area contributed by atoms with E-state index in [4.69, 9.17) is 4.98 Å². The van der Waals surface area contributed by atoms with Gasteiger partial charge in [-0.1, -0.05) is 6.08 Å². The second-order valence-corrected chi connectivity index (χ2v) is 5.88. The van der Waals surface area contributed by atoms with Gasteiger partial charge in [0.05, 0.1) is 17.2 Å². The summed E-state index contributed by atoms with van der Waals surface area (Å²) in [7, 11) is 1.91. The lowest BCUT2D eigenvalue weighted by atomic mass is 10.5. The standard InChI is InChI=1S/C16H20N6S/c1-4-12-13(10-17-3)22(5-2)14(20-12)11-21-8-6-18-15(21)16-19-7-9-23-16/h4,6-10,17H,5,11H2,1-3H3/b12-4+,13-10+. The smallest absolute Gasteiger partial charge is 0.169 e. The van der Waals surface area contributed by atoms with Crippen LogP contribution in [0.4, 0.5) is 0 Å². The molecule has 0 radical (unpaired) electrons. The molecule has 3 heterocycles. The van der Waals surface area contributed by atoms with E-state index in [1.54, 1.807) is 17.5 Å². The summed E-state index contributed by atoms with van der Waals surface area (Å²) in [5.41, 5.74) is 0. The van der Waals surface area contributed by atoms with Crippen LogP contribution in [0.25, 0.3) is 23.1 Å². The Kier molecular flexibility index (Phi) is 4.57. The van der Waals surface area contributed by atoms with Crippen molar-refractivity contribution in [2.75, 3.05) is 7.05 Å². The number of nitrogens with zero attached hydrogens (tertiary/aromatic N) is 5. The molecule has 23 heavy (non-hydrogen) atoms. The van der Waals surface area contributed by atoms with Crippen LogP contribution in [0, 0.1) is 0 Å². The lowest BCUT2D eigenvalue weighted by molar-refractivity contribution is 0.642. The molecule has 0 fully saturated rings. The van der Waals surface area contributed by atoms with Gasteiger partial charge in [0.1, 0.15) is 5.82 Å². The van der Waals surface area contributed by atoms with Crippen LogP contribution in [-0.2, 0) is 13.1 Å². The molecule has 7 heteroatoms. The minimum absolute atomic E-state index is 0.668. The van der Waals surface area contributed by atoms with Gasteiger partial charge in [-0.25, -0.2) is 15.0 Å². The van der Waals surface area contributed by atoms with Gasteiger partial charge in [0, 0.05) is 43.8 Å². The van der Waals surface area contributed by atoms with Gasteiger partial charge in [-0.3, -0.25) is 0 Å². The highest BCUT2D eigenvalue weighted by molar-refractivity contribution is 7.13. The molecule has 0 saturated carbocycles. The molecule has 0 aliphatic heterocycles. The predicted octanol–water partition coefficient (Wildman–Crippen LogP) is 1.03. The number of thiazole rings is 1. The van der Waals surface area contributed by atoms with E-state index in [-0.39, 0.29) is 0 Å². The van der Waals surface area contributed by atoms with Gasteiger partial charge in [-0.2, -0.15) is 0 Å². The largest absolute Gasteiger partial charge is 0.392 e. The molecule has 3 rings (SSSR count). The summed E-state index contributed by atoms with van der Waals surface area (Å²) in [6.07, 6.45) is 9.61. The van der Waals surface area contributed by atoms with Crippen LogP contribution < -0.4 is 16.0 Å². The first-order chi connectivity index (χ1) is 11.3. The zero-order valence-electron chi connectivity index (χ0n) is 13.5. The number of hydrogen-bond donors (Lipinski definition) is 1. The fraction of sp³-hybridized carbons (Fsp3) is 0.312. The summed E-state index contributed by atoms with van der Waals surface area (Å²) in [6, 6.07) is 0. The van der Waals surface area contributed by atoms with Gasteiger partial charge in [-0.15, -0.1) is 11.3 Å². The van der Waals surface area contributed by atoms with Crippen molar-refractivity contribution < 1.29 is 0 Å². The molecular formula is C16H20N6S. The van der Waals surface area contributed by atoms with Crippen molar-refractivity contribution in [1.82, 2.24) is 29.4 Å². The number of hydrogen-bond acceptors (Lipinski definition) is 5. The molecular weight excluding hydrogens is 308 g/mol. The first kappa shape index (κ1) is 15.5. The van der Waals surface area contributed by atoms with Crippen LogP contribution >= 0.6 is 11.3 Å². The summed E-state index contributed by atoms with van der Waals surface area (Å²) in [4.78, 5) is 13.6. The molecule has 0 aromatic carbocycles. The highest BCUT2D eigenvalue weighted by Crippen LogP contribution is 2.20. The van der Waals surface area contributed by atoms with E-state index in [1.165, 1.54) is 0 Å². The molecule has 0 aliphatic rings. The number of rotatable bonds is 5. The van der Waals surface area contributed by atoms with Crippen molar-refractivity contribution in [3.63, 3.8) is 0 Å². The molecule has 0 aliphatic carbocycles. The quantitative estimate of drug-likeness (QED) is 0.760. The Hall–Kier alpha value is -2.41. The van der Waals surface area contributed by atoms with Gasteiger partial charge in [0.2, 0.25) is 0 Å². The average molecular weight is 328 g/mol. The van der Waals surface area contributed by atoms with Crippen molar-refractivity contribution in [3.8, 4) is 10.8 Å². The van der Waals surface area contributed by atoms with E-state index in [0.717, 1.165) is 33.9 Å². The summed E-state index contributed by atoms with van der Waals surface area (Å²) < 4.78 is 4.31. The van der Waals surface area contributed by atoms with Crippen LogP contribution in [0.2, 0.25) is 0 Å². The van der Waals surface area contributed by atoms with Crippen molar-refractivity contribution in [2.45, 2.75) is 26.9 Å². The third kappa shape index (κ3) is 2.92. The Morgan fingerprint density at radius 3 is 2.83 bits per heavy atom. The van der Waals surface area contributed by atoms with Crippen molar-refractivity contribution in [1.29, 1.82) is 0 Å². The molecule has 0 amide bonds. The molecule has 0 atom stereocenters. The molecule has 0 spiro atoms. The number of nitrogens with one attached hydrogen (secondary N) is 1. The van der Waals surface area contributed by atoms with Crippen molar-refractivity contribution >= 4 is 23.6 Å². The van der Waals surface area contributed by atoms with Gasteiger partial charge >= 0.3 is 0 Å². The Labute approximate surface area is 138 Å². The topological polar surface area (TPSA) is 60.6 Å². The Bertz CT molecular complexity index is 888. The van der Waals surface area contributed by atoms with Gasteiger partial charge in [0.15, 0.2) is 10.8 Å². The molecule has 0 saturated heterocycles. The molecule has 1 N–H and O–H groups in total. The molecule has 3 aromatic heterocycles. The maximum atomic E-state index is 4.79. The zero-order valence-corrected chi connectivity index (χ0v) is 14.3. The average Bonchev–Trinajstić information content (AvgIpc) is 3.27. The van der Waals surface area contributed by atoms with E-state index < -0.39 is 0 Å². The van der Waals surface area contributed by atoms with E-state index >= 15 is 0 Å². The van der Waals surface area contributed by atoms with Crippen molar-refractivity contribution in [3.05, 3.63) is 40.5 Å². The van der Waals surface area contributed by atoms with Crippen LogP contribution in [0.3, 0.4) is 0 Å². The molecule has 3 aromatic rings. The van der Waals surface area contributed by atoms with Crippen LogP contribution in [0.5, 0.6) is 0 Å². The van der Waals surface area contributed by atoms with E-state index in [9.17, 15) is 0 Å². The van der Waals surface area contributed by atoms with Crippen LogP contribution in [0.15, 0.2) is 24.0 Å². The minimum Gasteiger partial charge on any atom is -0.392 e. The van der Waals surface area contributed by atoms with Gasteiger partial charge in [0.25, 0.3) is 0 Å². The number of imidazole rings is 2. The maximum Gasteiger partial charge on any atom is 0.169 e. The second kappa shape index (κ2) is 6.78. The fourth-order valence-electron chi connectivity index (χ4n) is 2.63. The maximum absolute atomic E-state index is 4.79. The van der Waals surface area contributed by atoms with Crippen LogP contribution in [0.1, 0.15) is 19.7 Å². The van der Waals surface area contributed by atoms with E-state index in [1.807, 2.05) is 44.0 Å². The predicted molar refractivity (Wildman–Crippen MR) is 93.3 cm³/mol. The van der Waals surface area contributed by atoms with E-state index in [2.05, 4.69) is 31.3 Å². The highest BCUT2D eigenvalue weighted by Gasteiger charge is 2.12. The third-order valence-electron chi connectivity index (χ3n) is 3.64. The molecule has 120 valence electrons. The first-order valence-electron chi connectivity index (χ1n) is 7.58. The normalized spacial score (nSPS) is 13.0.